The van der Waals surface area contributed by atoms with Crippen molar-refractivity contribution < 1.29 is 4.74 Å². The van der Waals surface area contributed by atoms with Gasteiger partial charge in [-0.25, -0.2) is 0 Å². The number of nitrogens with zero attached hydrogens (tertiary/aromatic N) is 1. The highest BCUT2D eigenvalue weighted by molar-refractivity contribution is 4.85. The molecule has 15 heavy (non-hydrogen) atoms. The van der Waals surface area contributed by atoms with E-state index < -0.39 is 0 Å². The van der Waals surface area contributed by atoms with Gasteiger partial charge in [-0.1, -0.05) is 0 Å². The first kappa shape index (κ1) is 11.4. The molecule has 2 aliphatic heterocycles. The van der Waals surface area contributed by atoms with Crippen LogP contribution >= 0.6 is 0 Å². The lowest BCUT2D eigenvalue weighted by Crippen LogP contribution is -2.50. The van der Waals surface area contributed by atoms with Crippen LogP contribution in [0, 0.1) is 0 Å². The smallest absolute Gasteiger partial charge is 0.0645 e. The molecule has 2 fully saturated rings. The largest absolute Gasteiger partial charge is 0.380 e. The monoisotopic (exact) mass is 212 g/mol. The van der Waals surface area contributed by atoms with E-state index in [4.69, 9.17) is 4.74 Å². The molecule has 1 atom stereocenters. The first-order valence-electron chi connectivity index (χ1n) is 6.34. The van der Waals surface area contributed by atoms with Crippen molar-refractivity contribution in [2.24, 2.45) is 0 Å². The number of hydrogen-bond donors (Lipinski definition) is 1. The average molecular weight is 212 g/mol. The van der Waals surface area contributed by atoms with Crippen molar-refractivity contribution in [3.63, 3.8) is 0 Å². The van der Waals surface area contributed by atoms with Gasteiger partial charge in [0, 0.05) is 25.2 Å². The maximum Gasteiger partial charge on any atom is 0.0645 e. The Kier molecular flexibility index (Phi) is 4.00. The lowest BCUT2D eigenvalue weighted by molar-refractivity contribution is 0.0279. The Morgan fingerprint density at radius 1 is 1.27 bits per heavy atom. The fourth-order valence-electron chi connectivity index (χ4n) is 2.60. The molecule has 2 aliphatic rings. The maximum absolute atomic E-state index is 5.53. The summed E-state index contributed by atoms with van der Waals surface area (Å²) in [6.45, 7) is 9.03. The van der Waals surface area contributed by atoms with Crippen LogP contribution in [0.5, 0.6) is 0 Å². The van der Waals surface area contributed by atoms with Crippen LogP contribution < -0.4 is 5.32 Å². The molecule has 2 rings (SSSR count). The maximum atomic E-state index is 5.53. The van der Waals surface area contributed by atoms with E-state index in [0.717, 1.165) is 19.8 Å². The van der Waals surface area contributed by atoms with E-state index in [1.807, 2.05) is 0 Å². The third-order valence-corrected chi connectivity index (χ3v) is 3.62. The quantitative estimate of drug-likeness (QED) is 0.759. The summed E-state index contributed by atoms with van der Waals surface area (Å²) in [5, 5.41) is 3.66. The molecule has 3 heteroatoms. The fraction of sp³-hybridized carbons (Fsp3) is 1.00. The van der Waals surface area contributed by atoms with Crippen LogP contribution in [0.1, 0.15) is 32.6 Å². The molecule has 0 aromatic rings. The number of nitrogens with one attached hydrogen (secondary N) is 1. The second-order valence-corrected chi connectivity index (χ2v) is 5.19. The van der Waals surface area contributed by atoms with Crippen molar-refractivity contribution in [3.8, 4) is 0 Å². The Labute approximate surface area is 93.2 Å². The molecular weight excluding hydrogens is 188 g/mol. The lowest BCUT2D eigenvalue weighted by Gasteiger charge is -2.35. The fourth-order valence-corrected chi connectivity index (χ4v) is 2.60. The highest BCUT2D eigenvalue weighted by Gasteiger charge is 2.26. The van der Waals surface area contributed by atoms with Crippen LogP contribution in [0.4, 0.5) is 0 Å². The number of rotatable bonds is 4. The molecule has 0 spiro atoms. The summed E-state index contributed by atoms with van der Waals surface area (Å²) in [4.78, 5) is 2.56. The van der Waals surface area contributed by atoms with Gasteiger partial charge in [-0.3, -0.25) is 0 Å². The average Bonchev–Trinajstić information content (AvgIpc) is 2.71. The van der Waals surface area contributed by atoms with E-state index in [2.05, 4.69) is 17.1 Å². The summed E-state index contributed by atoms with van der Waals surface area (Å²) < 4.78 is 5.53. The first-order chi connectivity index (χ1) is 7.29. The van der Waals surface area contributed by atoms with E-state index in [1.54, 1.807) is 0 Å². The van der Waals surface area contributed by atoms with Gasteiger partial charge in [0.05, 0.1) is 6.61 Å². The second kappa shape index (κ2) is 5.28. The summed E-state index contributed by atoms with van der Waals surface area (Å²) >= 11 is 0. The standard InChI is InChI=1S/C12H24N2O/c1-12(5-4-10-15-11-12)13-6-9-14-7-2-3-8-14/h13H,2-11H2,1H3. The highest BCUT2D eigenvalue weighted by atomic mass is 16.5. The summed E-state index contributed by atoms with van der Waals surface area (Å²) in [6, 6.07) is 0. The van der Waals surface area contributed by atoms with Crippen molar-refractivity contribution in [3.05, 3.63) is 0 Å². The van der Waals surface area contributed by atoms with Crippen LogP contribution in [0.2, 0.25) is 0 Å². The van der Waals surface area contributed by atoms with Crippen molar-refractivity contribution in [1.82, 2.24) is 10.2 Å². The predicted molar refractivity (Wildman–Crippen MR) is 62.1 cm³/mol. The third-order valence-electron chi connectivity index (χ3n) is 3.62. The molecule has 0 aromatic heterocycles. The van der Waals surface area contributed by atoms with Crippen molar-refractivity contribution in [2.45, 2.75) is 38.1 Å². The molecule has 0 bridgehead atoms. The number of likely N-dealkylation sites (tertiary alicyclic amines) is 1. The van der Waals surface area contributed by atoms with Crippen molar-refractivity contribution in [2.75, 3.05) is 39.4 Å². The van der Waals surface area contributed by atoms with Gasteiger partial charge in [-0.15, -0.1) is 0 Å². The van der Waals surface area contributed by atoms with Gasteiger partial charge in [-0.2, -0.15) is 0 Å². The van der Waals surface area contributed by atoms with Gasteiger partial charge < -0.3 is 15.0 Å². The number of ether oxygens (including phenoxy) is 1. The van der Waals surface area contributed by atoms with E-state index in [-0.39, 0.29) is 5.54 Å². The molecule has 2 saturated heterocycles. The highest BCUT2D eigenvalue weighted by Crippen LogP contribution is 2.17. The molecule has 0 aromatic carbocycles. The summed E-state index contributed by atoms with van der Waals surface area (Å²) in [7, 11) is 0. The van der Waals surface area contributed by atoms with Gasteiger partial charge in [0.25, 0.3) is 0 Å². The van der Waals surface area contributed by atoms with Gasteiger partial charge >= 0.3 is 0 Å². The molecule has 0 saturated carbocycles. The molecular formula is C12H24N2O. The zero-order valence-electron chi connectivity index (χ0n) is 9.93. The minimum atomic E-state index is 0.234. The van der Waals surface area contributed by atoms with Crippen LogP contribution in [0.15, 0.2) is 0 Å². The van der Waals surface area contributed by atoms with Gasteiger partial charge in [0.1, 0.15) is 0 Å². The molecule has 1 N–H and O–H groups in total. The van der Waals surface area contributed by atoms with Crippen molar-refractivity contribution >= 4 is 0 Å². The topological polar surface area (TPSA) is 24.5 Å². The minimum absolute atomic E-state index is 0.234. The van der Waals surface area contributed by atoms with Crippen LogP contribution in [-0.2, 0) is 4.74 Å². The SMILES string of the molecule is CC1(NCCN2CCCC2)CCCOC1. The first-order valence-corrected chi connectivity index (χ1v) is 6.34. The Bertz CT molecular complexity index is 184. The summed E-state index contributed by atoms with van der Waals surface area (Å²) in [6.07, 6.45) is 5.24. The van der Waals surface area contributed by atoms with Crippen LogP contribution in [0.25, 0.3) is 0 Å². The Morgan fingerprint density at radius 3 is 2.73 bits per heavy atom. The molecule has 0 radical (unpaired) electrons. The molecule has 1 unspecified atom stereocenters. The van der Waals surface area contributed by atoms with Crippen LogP contribution in [0.3, 0.4) is 0 Å². The number of hydrogen-bond acceptors (Lipinski definition) is 3. The second-order valence-electron chi connectivity index (χ2n) is 5.19. The van der Waals surface area contributed by atoms with E-state index >= 15 is 0 Å². The molecule has 3 nitrogen and oxygen atoms in total. The van der Waals surface area contributed by atoms with E-state index in [0.29, 0.717) is 0 Å². The Balaban J connectivity index is 1.63. The third kappa shape index (κ3) is 3.44. The Hall–Kier alpha value is -0.120. The molecule has 0 amide bonds. The predicted octanol–water partition coefficient (Wildman–Crippen LogP) is 1.24. The van der Waals surface area contributed by atoms with Crippen LogP contribution in [-0.4, -0.2) is 49.8 Å². The van der Waals surface area contributed by atoms with Gasteiger partial charge in [0.15, 0.2) is 0 Å². The zero-order valence-corrected chi connectivity index (χ0v) is 9.93. The van der Waals surface area contributed by atoms with Gasteiger partial charge in [0.2, 0.25) is 0 Å². The molecule has 0 aliphatic carbocycles. The zero-order chi connectivity index (χ0) is 10.6. The summed E-state index contributed by atoms with van der Waals surface area (Å²) in [5.74, 6) is 0. The minimum Gasteiger partial charge on any atom is -0.380 e. The van der Waals surface area contributed by atoms with Gasteiger partial charge in [-0.05, 0) is 45.7 Å². The Morgan fingerprint density at radius 2 is 2.07 bits per heavy atom. The summed E-state index contributed by atoms with van der Waals surface area (Å²) in [5.41, 5.74) is 0.234. The normalized spacial score (nSPS) is 33.4. The van der Waals surface area contributed by atoms with Crippen molar-refractivity contribution in [1.29, 1.82) is 0 Å². The van der Waals surface area contributed by atoms with E-state index in [1.165, 1.54) is 45.3 Å². The molecule has 88 valence electrons. The lowest BCUT2D eigenvalue weighted by atomic mass is 9.95. The molecule has 2 heterocycles. The van der Waals surface area contributed by atoms with E-state index in [9.17, 15) is 0 Å².